The lowest BCUT2D eigenvalue weighted by atomic mass is 9.85. The Morgan fingerprint density at radius 2 is 1.68 bits per heavy atom. The summed E-state index contributed by atoms with van der Waals surface area (Å²) in [5.41, 5.74) is -0.175. The monoisotopic (exact) mass is 541 g/mol. The third-order valence-corrected chi connectivity index (χ3v) is 7.86. The Hall–Kier alpha value is -3.70. The Morgan fingerprint density at radius 3 is 2.34 bits per heavy atom. The first-order chi connectivity index (χ1) is 18.3. The summed E-state index contributed by atoms with van der Waals surface area (Å²) >= 11 is 5.91. The summed E-state index contributed by atoms with van der Waals surface area (Å²) in [6.07, 6.45) is 0.731. The number of ether oxygens (including phenoxy) is 1. The molecule has 0 bridgehead atoms. The molecule has 5 rings (SSSR count). The molecular formula is C26H28ClN5O6. The first-order valence-corrected chi connectivity index (χ1v) is 12.9. The minimum Gasteiger partial charge on any atom is -0.378 e. The SMILES string of the molecule is O=C(CN1CN(c2ccccc2)C2(CCN(C(=O)c3ccc(Cl)c([N+](=O)[O-])c3)CC2)C1=O)N1CCOCC1. The van der Waals surface area contributed by atoms with Crippen LogP contribution >= 0.6 is 11.6 Å². The van der Waals surface area contributed by atoms with Crippen LogP contribution in [-0.4, -0.2) is 95.5 Å². The van der Waals surface area contributed by atoms with Crippen LogP contribution in [0.15, 0.2) is 48.5 Å². The average molecular weight is 542 g/mol. The molecule has 3 heterocycles. The Kier molecular flexibility index (Phi) is 7.22. The number of nitrogens with zero attached hydrogens (tertiary/aromatic N) is 5. The highest BCUT2D eigenvalue weighted by molar-refractivity contribution is 6.32. The fourth-order valence-electron chi connectivity index (χ4n) is 5.45. The van der Waals surface area contributed by atoms with Gasteiger partial charge < -0.3 is 24.3 Å². The van der Waals surface area contributed by atoms with Crippen LogP contribution in [0.25, 0.3) is 0 Å². The Labute approximate surface area is 224 Å². The number of morpholine rings is 1. The number of piperidine rings is 1. The van der Waals surface area contributed by atoms with Gasteiger partial charge in [-0.05, 0) is 37.1 Å². The quantitative estimate of drug-likeness (QED) is 0.421. The van der Waals surface area contributed by atoms with Crippen molar-refractivity contribution in [3.05, 3.63) is 69.2 Å². The van der Waals surface area contributed by atoms with Gasteiger partial charge in [0.25, 0.3) is 17.5 Å². The van der Waals surface area contributed by atoms with Gasteiger partial charge >= 0.3 is 0 Å². The molecule has 0 aromatic heterocycles. The van der Waals surface area contributed by atoms with Gasteiger partial charge in [0, 0.05) is 43.5 Å². The van der Waals surface area contributed by atoms with Crippen molar-refractivity contribution in [3.63, 3.8) is 0 Å². The van der Waals surface area contributed by atoms with Gasteiger partial charge in [0.1, 0.15) is 17.1 Å². The molecular weight excluding hydrogens is 514 g/mol. The van der Waals surface area contributed by atoms with E-state index in [0.29, 0.717) is 39.1 Å². The minimum atomic E-state index is -0.893. The van der Waals surface area contributed by atoms with E-state index in [0.717, 1.165) is 5.69 Å². The number of rotatable bonds is 5. The first-order valence-electron chi connectivity index (χ1n) is 12.5. The number of anilines is 1. The topological polar surface area (TPSA) is 117 Å². The highest BCUT2D eigenvalue weighted by Gasteiger charge is 2.54. The molecule has 0 atom stereocenters. The molecule has 200 valence electrons. The predicted molar refractivity (Wildman–Crippen MR) is 139 cm³/mol. The first kappa shape index (κ1) is 25.9. The van der Waals surface area contributed by atoms with Gasteiger partial charge in [0.2, 0.25) is 5.91 Å². The lowest BCUT2D eigenvalue weighted by Gasteiger charge is -2.43. The molecule has 3 aliphatic rings. The number of carbonyl (C=O) groups is 3. The zero-order valence-corrected chi connectivity index (χ0v) is 21.5. The van der Waals surface area contributed by atoms with Crippen LogP contribution in [0.3, 0.4) is 0 Å². The number of nitro benzene ring substituents is 1. The molecule has 0 N–H and O–H groups in total. The van der Waals surface area contributed by atoms with Crippen LogP contribution in [0.5, 0.6) is 0 Å². The van der Waals surface area contributed by atoms with Crippen molar-refractivity contribution in [1.29, 1.82) is 0 Å². The summed E-state index contributed by atoms with van der Waals surface area (Å²) in [6.45, 7) is 2.83. The van der Waals surface area contributed by atoms with Crippen molar-refractivity contribution in [2.75, 3.05) is 57.5 Å². The highest BCUT2D eigenvalue weighted by atomic mass is 35.5. The summed E-state index contributed by atoms with van der Waals surface area (Å²) in [6, 6.07) is 13.6. The number of likely N-dealkylation sites (tertiary alicyclic amines) is 1. The van der Waals surface area contributed by atoms with Crippen LogP contribution in [-0.2, 0) is 14.3 Å². The second-order valence-electron chi connectivity index (χ2n) is 9.65. The Balaban J connectivity index is 1.35. The van der Waals surface area contributed by atoms with E-state index in [9.17, 15) is 24.5 Å². The van der Waals surface area contributed by atoms with E-state index in [2.05, 4.69) is 0 Å². The maximum absolute atomic E-state index is 13.9. The Morgan fingerprint density at radius 1 is 1.00 bits per heavy atom. The number of amides is 3. The van der Waals surface area contributed by atoms with Crippen molar-refractivity contribution in [1.82, 2.24) is 14.7 Å². The smallest absolute Gasteiger partial charge is 0.288 e. The summed E-state index contributed by atoms with van der Waals surface area (Å²) < 4.78 is 5.34. The molecule has 0 aliphatic carbocycles. The molecule has 11 nitrogen and oxygen atoms in total. The molecule has 3 saturated heterocycles. The lowest BCUT2D eigenvalue weighted by Crippen LogP contribution is -2.57. The predicted octanol–water partition coefficient (Wildman–Crippen LogP) is 2.39. The normalized spacial score (nSPS) is 19.2. The number of para-hydroxylation sites is 1. The van der Waals surface area contributed by atoms with Gasteiger partial charge in [-0.1, -0.05) is 29.8 Å². The molecule has 2 aromatic rings. The third kappa shape index (κ3) is 4.79. The molecule has 0 saturated carbocycles. The maximum Gasteiger partial charge on any atom is 0.288 e. The second kappa shape index (κ2) is 10.6. The molecule has 3 amide bonds. The minimum absolute atomic E-state index is 0.0129. The third-order valence-electron chi connectivity index (χ3n) is 7.54. The number of hydrogen-bond acceptors (Lipinski definition) is 7. The van der Waals surface area contributed by atoms with E-state index in [1.165, 1.54) is 18.2 Å². The van der Waals surface area contributed by atoms with Crippen LogP contribution in [0.4, 0.5) is 11.4 Å². The zero-order chi connectivity index (χ0) is 26.9. The number of nitro groups is 1. The van der Waals surface area contributed by atoms with Crippen molar-refractivity contribution in [3.8, 4) is 0 Å². The van der Waals surface area contributed by atoms with Gasteiger partial charge in [-0.15, -0.1) is 0 Å². The van der Waals surface area contributed by atoms with Gasteiger partial charge in [0.15, 0.2) is 0 Å². The van der Waals surface area contributed by atoms with Crippen molar-refractivity contribution < 1.29 is 24.0 Å². The molecule has 0 radical (unpaired) electrons. The zero-order valence-electron chi connectivity index (χ0n) is 20.8. The number of benzene rings is 2. The molecule has 1 spiro atoms. The van der Waals surface area contributed by atoms with Crippen molar-refractivity contribution in [2.45, 2.75) is 18.4 Å². The highest BCUT2D eigenvalue weighted by Crippen LogP contribution is 2.40. The molecule has 12 heteroatoms. The van der Waals surface area contributed by atoms with E-state index < -0.39 is 10.5 Å². The van der Waals surface area contributed by atoms with Gasteiger partial charge in [-0.25, -0.2) is 0 Å². The number of hydrogen-bond donors (Lipinski definition) is 0. The van der Waals surface area contributed by atoms with E-state index in [1.54, 1.807) is 14.7 Å². The average Bonchev–Trinajstić information content (AvgIpc) is 3.20. The summed E-state index contributed by atoms with van der Waals surface area (Å²) in [7, 11) is 0. The molecule has 3 fully saturated rings. The summed E-state index contributed by atoms with van der Waals surface area (Å²) in [5.74, 6) is -0.587. The summed E-state index contributed by atoms with van der Waals surface area (Å²) in [4.78, 5) is 57.7. The molecule has 2 aromatic carbocycles. The standard InChI is InChI=1S/C26H28ClN5O6/c27-21-7-6-19(16-22(21)32(36)37)24(34)29-10-8-26(9-11-29)25(35)30(17-23(33)28-12-14-38-15-13-28)18-31(26)20-4-2-1-3-5-20/h1-7,16H,8-15,17-18H2. The fraction of sp³-hybridized carbons (Fsp3) is 0.423. The van der Waals surface area contributed by atoms with Crippen molar-refractivity contribution in [2.24, 2.45) is 0 Å². The van der Waals surface area contributed by atoms with E-state index in [-0.39, 0.29) is 60.3 Å². The van der Waals surface area contributed by atoms with Crippen LogP contribution < -0.4 is 4.90 Å². The fourth-order valence-corrected chi connectivity index (χ4v) is 5.63. The molecule has 0 unspecified atom stereocenters. The van der Waals surface area contributed by atoms with Crippen LogP contribution in [0.1, 0.15) is 23.2 Å². The van der Waals surface area contributed by atoms with Gasteiger partial charge in [-0.3, -0.25) is 24.5 Å². The van der Waals surface area contributed by atoms with Crippen LogP contribution in [0, 0.1) is 10.1 Å². The van der Waals surface area contributed by atoms with Crippen LogP contribution in [0.2, 0.25) is 5.02 Å². The Bertz CT molecular complexity index is 1240. The second-order valence-corrected chi connectivity index (χ2v) is 10.1. The summed E-state index contributed by atoms with van der Waals surface area (Å²) in [5, 5.41) is 11.2. The van der Waals surface area contributed by atoms with Gasteiger partial charge in [-0.2, -0.15) is 0 Å². The maximum atomic E-state index is 13.9. The molecule has 3 aliphatic heterocycles. The van der Waals surface area contributed by atoms with Crippen molar-refractivity contribution >= 4 is 40.7 Å². The molecule has 38 heavy (non-hydrogen) atoms. The van der Waals surface area contributed by atoms with E-state index in [1.807, 2.05) is 35.2 Å². The van der Waals surface area contributed by atoms with E-state index in [4.69, 9.17) is 16.3 Å². The van der Waals surface area contributed by atoms with Gasteiger partial charge in [0.05, 0.1) is 24.8 Å². The lowest BCUT2D eigenvalue weighted by molar-refractivity contribution is -0.384. The number of carbonyl (C=O) groups excluding carboxylic acids is 3. The largest absolute Gasteiger partial charge is 0.378 e. The number of halogens is 1. The van der Waals surface area contributed by atoms with E-state index >= 15 is 0 Å².